The summed E-state index contributed by atoms with van der Waals surface area (Å²) in [6.45, 7) is 14.5. The Morgan fingerprint density at radius 2 is 1.75 bits per heavy atom. The van der Waals surface area contributed by atoms with E-state index in [0.29, 0.717) is 10.8 Å². The lowest BCUT2D eigenvalue weighted by molar-refractivity contribution is 0.171. The molecule has 1 saturated carbocycles. The Labute approximate surface area is 103 Å². The Kier molecular flexibility index (Phi) is 4.49. The highest BCUT2D eigenvalue weighted by molar-refractivity contribution is 4.95. The van der Waals surface area contributed by atoms with Gasteiger partial charge in [-0.15, -0.1) is 0 Å². The van der Waals surface area contributed by atoms with Gasteiger partial charge in [-0.1, -0.05) is 67.2 Å². The smallest absolute Gasteiger partial charge is 0.0323 e. The van der Waals surface area contributed by atoms with Crippen molar-refractivity contribution in [1.82, 2.24) is 0 Å². The zero-order valence-corrected chi connectivity index (χ0v) is 12.4. The summed E-state index contributed by atoms with van der Waals surface area (Å²) in [7, 11) is 0. The highest BCUT2D eigenvalue weighted by atomic mass is 14.5. The molecular formula is C16H32. The second-order valence-electron chi connectivity index (χ2n) is 7.45. The first-order valence-electron chi connectivity index (χ1n) is 7.32. The van der Waals surface area contributed by atoms with Crippen molar-refractivity contribution in [3.8, 4) is 0 Å². The SMILES string of the molecule is CCCCC1CC(C)(CC)CC1C(C)(C)C. The van der Waals surface area contributed by atoms with Gasteiger partial charge in [0.15, 0.2) is 0 Å². The van der Waals surface area contributed by atoms with Crippen molar-refractivity contribution in [3.63, 3.8) is 0 Å². The minimum Gasteiger partial charge on any atom is -0.0654 e. The van der Waals surface area contributed by atoms with Crippen LogP contribution in [0.5, 0.6) is 0 Å². The van der Waals surface area contributed by atoms with Crippen molar-refractivity contribution in [2.45, 2.75) is 80.1 Å². The van der Waals surface area contributed by atoms with Crippen LogP contribution in [-0.2, 0) is 0 Å². The van der Waals surface area contributed by atoms with Crippen molar-refractivity contribution in [2.24, 2.45) is 22.7 Å². The molecule has 1 fully saturated rings. The van der Waals surface area contributed by atoms with Crippen LogP contribution >= 0.6 is 0 Å². The molecule has 3 unspecified atom stereocenters. The quantitative estimate of drug-likeness (QED) is 0.577. The van der Waals surface area contributed by atoms with Gasteiger partial charge in [-0.25, -0.2) is 0 Å². The van der Waals surface area contributed by atoms with Gasteiger partial charge in [0.1, 0.15) is 0 Å². The molecule has 0 aromatic heterocycles. The Balaban J connectivity index is 2.71. The van der Waals surface area contributed by atoms with Gasteiger partial charge in [-0.3, -0.25) is 0 Å². The van der Waals surface area contributed by atoms with Crippen molar-refractivity contribution < 1.29 is 0 Å². The first kappa shape index (κ1) is 14.1. The zero-order chi connectivity index (χ0) is 12.4. The molecule has 0 amide bonds. The maximum Gasteiger partial charge on any atom is -0.0323 e. The second kappa shape index (κ2) is 5.10. The summed E-state index contributed by atoms with van der Waals surface area (Å²) in [6, 6.07) is 0. The topological polar surface area (TPSA) is 0 Å². The Morgan fingerprint density at radius 3 is 2.19 bits per heavy atom. The minimum atomic E-state index is 0.505. The standard InChI is InChI=1S/C16H32/c1-7-9-10-13-11-16(6,8-2)12-14(13)15(3,4)5/h13-14H,7-12H2,1-6H3. The molecule has 0 heterocycles. The predicted molar refractivity (Wildman–Crippen MR) is 73.6 cm³/mol. The lowest BCUT2D eigenvalue weighted by Gasteiger charge is -2.33. The van der Waals surface area contributed by atoms with Crippen LogP contribution < -0.4 is 0 Å². The highest BCUT2D eigenvalue weighted by Crippen LogP contribution is 2.54. The summed E-state index contributed by atoms with van der Waals surface area (Å²) >= 11 is 0. The molecule has 1 rings (SSSR count). The van der Waals surface area contributed by atoms with Crippen molar-refractivity contribution in [3.05, 3.63) is 0 Å². The predicted octanol–water partition coefficient (Wildman–Crippen LogP) is 5.67. The van der Waals surface area contributed by atoms with Gasteiger partial charge in [0.05, 0.1) is 0 Å². The van der Waals surface area contributed by atoms with Crippen LogP contribution in [0, 0.1) is 22.7 Å². The van der Waals surface area contributed by atoms with Crippen molar-refractivity contribution >= 4 is 0 Å². The van der Waals surface area contributed by atoms with E-state index in [0.717, 1.165) is 11.8 Å². The van der Waals surface area contributed by atoms with E-state index in [-0.39, 0.29) is 0 Å². The van der Waals surface area contributed by atoms with Gasteiger partial charge in [0.25, 0.3) is 0 Å². The van der Waals surface area contributed by atoms with E-state index < -0.39 is 0 Å². The third-order valence-electron chi connectivity index (χ3n) is 4.93. The molecule has 16 heavy (non-hydrogen) atoms. The van der Waals surface area contributed by atoms with E-state index in [1.807, 2.05) is 0 Å². The molecule has 0 N–H and O–H groups in total. The molecular weight excluding hydrogens is 192 g/mol. The average molecular weight is 224 g/mol. The Bertz CT molecular complexity index is 211. The summed E-state index contributed by atoms with van der Waals surface area (Å²) in [4.78, 5) is 0. The maximum atomic E-state index is 2.51. The van der Waals surface area contributed by atoms with Gasteiger partial charge in [-0.05, 0) is 35.5 Å². The maximum absolute atomic E-state index is 2.51. The van der Waals surface area contributed by atoms with E-state index in [1.165, 1.54) is 38.5 Å². The van der Waals surface area contributed by atoms with Gasteiger partial charge in [0, 0.05) is 0 Å². The molecule has 0 spiro atoms. The normalized spacial score (nSPS) is 35.6. The summed E-state index contributed by atoms with van der Waals surface area (Å²) in [6.07, 6.45) is 8.55. The number of hydrogen-bond donors (Lipinski definition) is 0. The lowest BCUT2D eigenvalue weighted by Crippen LogP contribution is -2.24. The van der Waals surface area contributed by atoms with E-state index in [9.17, 15) is 0 Å². The molecule has 0 aromatic rings. The average Bonchev–Trinajstić information content (AvgIpc) is 2.53. The third kappa shape index (κ3) is 3.25. The van der Waals surface area contributed by atoms with Crippen LogP contribution in [0.25, 0.3) is 0 Å². The van der Waals surface area contributed by atoms with Gasteiger partial charge >= 0.3 is 0 Å². The molecule has 1 aliphatic rings. The lowest BCUT2D eigenvalue weighted by atomic mass is 9.73. The van der Waals surface area contributed by atoms with Crippen LogP contribution in [0.4, 0.5) is 0 Å². The molecule has 0 bridgehead atoms. The molecule has 1 aliphatic carbocycles. The molecule has 0 radical (unpaired) electrons. The second-order valence-corrected chi connectivity index (χ2v) is 7.45. The Hall–Kier alpha value is 0. The highest BCUT2D eigenvalue weighted by Gasteiger charge is 2.44. The van der Waals surface area contributed by atoms with Gasteiger partial charge < -0.3 is 0 Å². The fourth-order valence-electron chi connectivity index (χ4n) is 3.63. The first-order valence-corrected chi connectivity index (χ1v) is 7.32. The van der Waals surface area contributed by atoms with Crippen LogP contribution in [0.15, 0.2) is 0 Å². The van der Waals surface area contributed by atoms with Gasteiger partial charge in [0.2, 0.25) is 0 Å². The van der Waals surface area contributed by atoms with Gasteiger partial charge in [-0.2, -0.15) is 0 Å². The fourth-order valence-corrected chi connectivity index (χ4v) is 3.63. The summed E-state index contributed by atoms with van der Waals surface area (Å²) in [5, 5.41) is 0. The van der Waals surface area contributed by atoms with Crippen LogP contribution in [0.3, 0.4) is 0 Å². The third-order valence-corrected chi connectivity index (χ3v) is 4.93. The zero-order valence-electron chi connectivity index (χ0n) is 12.4. The molecule has 0 nitrogen and oxygen atoms in total. The number of unbranched alkanes of at least 4 members (excludes halogenated alkanes) is 1. The molecule has 96 valence electrons. The number of hydrogen-bond acceptors (Lipinski definition) is 0. The van der Waals surface area contributed by atoms with Crippen molar-refractivity contribution in [2.75, 3.05) is 0 Å². The summed E-state index contributed by atoms with van der Waals surface area (Å²) in [5.41, 5.74) is 1.14. The first-order chi connectivity index (χ1) is 7.32. The van der Waals surface area contributed by atoms with Crippen LogP contribution in [-0.4, -0.2) is 0 Å². The largest absolute Gasteiger partial charge is 0.0654 e. The summed E-state index contributed by atoms with van der Waals surface area (Å²) in [5.74, 6) is 1.94. The van der Waals surface area contributed by atoms with E-state index >= 15 is 0 Å². The van der Waals surface area contributed by atoms with Crippen LogP contribution in [0.1, 0.15) is 80.1 Å². The molecule has 0 aromatic carbocycles. The number of rotatable bonds is 4. The Morgan fingerprint density at radius 1 is 1.12 bits per heavy atom. The molecule has 0 aliphatic heterocycles. The minimum absolute atomic E-state index is 0.505. The summed E-state index contributed by atoms with van der Waals surface area (Å²) < 4.78 is 0. The van der Waals surface area contributed by atoms with E-state index in [2.05, 4.69) is 41.5 Å². The molecule has 0 heteroatoms. The van der Waals surface area contributed by atoms with Crippen molar-refractivity contribution in [1.29, 1.82) is 0 Å². The molecule has 3 atom stereocenters. The molecule has 0 saturated heterocycles. The van der Waals surface area contributed by atoms with Crippen LogP contribution in [0.2, 0.25) is 0 Å². The van der Waals surface area contributed by atoms with E-state index in [4.69, 9.17) is 0 Å². The monoisotopic (exact) mass is 224 g/mol. The van der Waals surface area contributed by atoms with E-state index in [1.54, 1.807) is 0 Å². The fraction of sp³-hybridized carbons (Fsp3) is 1.00.